The smallest absolute Gasteiger partial charge is 0.0608 e. The summed E-state index contributed by atoms with van der Waals surface area (Å²) in [7, 11) is 0. The molecule has 4 rings (SSSR count). The second kappa shape index (κ2) is 6.21. The van der Waals surface area contributed by atoms with E-state index in [9.17, 15) is 0 Å². The molecule has 2 aromatic rings. The second-order valence-electron chi connectivity index (χ2n) is 6.55. The minimum absolute atomic E-state index is 0.400. The lowest BCUT2D eigenvalue weighted by molar-refractivity contribution is 0.139. The van der Waals surface area contributed by atoms with Gasteiger partial charge in [-0.3, -0.25) is 4.90 Å². The summed E-state index contributed by atoms with van der Waals surface area (Å²) in [5.74, 6) is 0. The Labute approximate surface area is 139 Å². The van der Waals surface area contributed by atoms with E-state index < -0.39 is 0 Å². The molecule has 23 heavy (non-hydrogen) atoms. The van der Waals surface area contributed by atoms with E-state index in [4.69, 9.17) is 0 Å². The van der Waals surface area contributed by atoms with E-state index in [1.807, 2.05) is 6.20 Å². The van der Waals surface area contributed by atoms with Crippen molar-refractivity contribution >= 4 is 0 Å². The number of nitrogens with zero attached hydrogens (tertiary/aromatic N) is 2. The van der Waals surface area contributed by atoms with Crippen LogP contribution in [0.5, 0.6) is 0 Å². The Kier molecular flexibility index (Phi) is 3.92. The molecule has 2 nitrogen and oxygen atoms in total. The van der Waals surface area contributed by atoms with Crippen LogP contribution in [0.2, 0.25) is 0 Å². The standard InChI is InChI=1S/C21H24N2/c1-2-22-13-15-23(16-14-22)21-19-9-5-3-7-17(19)11-12-18-8-4-6-10-20(18)21/h2-10,21H,1,11-16H2. The van der Waals surface area contributed by atoms with Crippen LogP contribution in [0.15, 0.2) is 61.3 Å². The summed E-state index contributed by atoms with van der Waals surface area (Å²) in [4.78, 5) is 4.98. The number of rotatable bonds is 2. The van der Waals surface area contributed by atoms with Crippen molar-refractivity contribution in [2.45, 2.75) is 18.9 Å². The van der Waals surface area contributed by atoms with Gasteiger partial charge in [0.2, 0.25) is 0 Å². The molecule has 118 valence electrons. The van der Waals surface area contributed by atoms with Crippen LogP contribution in [0.3, 0.4) is 0 Å². The molecule has 1 heterocycles. The maximum Gasteiger partial charge on any atom is 0.0608 e. The zero-order valence-electron chi connectivity index (χ0n) is 13.6. The molecular formula is C21H24N2. The Hall–Kier alpha value is -2.06. The van der Waals surface area contributed by atoms with Gasteiger partial charge in [-0.25, -0.2) is 0 Å². The summed E-state index contributed by atoms with van der Waals surface area (Å²) < 4.78 is 0. The number of piperazine rings is 1. The van der Waals surface area contributed by atoms with E-state index in [1.54, 1.807) is 0 Å². The Morgan fingerprint density at radius 1 is 0.783 bits per heavy atom. The number of hydrogen-bond donors (Lipinski definition) is 0. The fourth-order valence-corrected chi connectivity index (χ4v) is 4.07. The van der Waals surface area contributed by atoms with Gasteiger partial charge in [-0.1, -0.05) is 55.1 Å². The van der Waals surface area contributed by atoms with Crippen molar-refractivity contribution in [1.29, 1.82) is 0 Å². The first kappa shape index (κ1) is 14.5. The third kappa shape index (κ3) is 2.68. The van der Waals surface area contributed by atoms with Crippen molar-refractivity contribution < 1.29 is 0 Å². The lowest BCUT2D eigenvalue weighted by Gasteiger charge is -2.40. The molecule has 2 aromatic carbocycles. The highest BCUT2D eigenvalue weighted by Crippen LogP contribution is 2.37. The van der Waals surface area contributed by atoms with E-state index in [0.717, 1.165) is 39.0 Å². The Bertz CT molecular complexity index is 651. The van der Waals surface area contributed by atoms with Crippen LogP contribution in [0.1, 0.15) is 28.3 Å². The predicted octanol–water partition coefficient (Wildman–Crippen LogP) is 3.64. The molecule has 1 aliphatic heterocycles. The van der Waals surface area contributed by atoms with Gasteiger partial charge < -0.3 is 4.90 Å². The van der Waals surface area contributed by atoms with Gasteiger partial charge in [0.05, 0.1) is 6.04 Å². The second-order valence-corrected chi connectivity index (χ2v) is 6.55. The lowest BCUT2D eigenvalue weighted by Crippen LogP contribution is -2.45. The molecule has 0 radical (unpaired) electrons. The Morgan fingerprint density at radius 2 is 1.30 bits per heavy atom. The van der Waals surface area contributed by atoms with Gasteiger partial charge in [0, 0.05) is 26.2 Å². The first-order chi connectivity index (χ1) is 11.4. The summed E-state index contributed by atoms with van der Waals surface area (Å²) >= 11 is 0. The molecule has 0 atom stereocenters. The molecule has 0 saturated carbocycles. The predicted molar refractivity (Wildman–Crippen MR) is 95.5 cm³/mol. The third-order valence-corrected chi connectivity index (χ3v) is 5.34. The fourth-order valence-electron chi connectivity index (χ4n) is 4.07. The Morgan fingerprint density at radius 3 is 1.83 bits per heavy atom. The van der Waals surface area contributed by atoms with Crippen molar-refractivity contribution in [2.75, 3.05) is 26.2 Å². The van der Waals surface area contributed by atoms with Gasteiger partial charge in [-0.05, 0) is 41.3 Å². The van der Waals surface area contributed by atoms with Gasteiger partial charge in [-0.15, -0.1) is 0 Å². The largest absolute Gasteiger partial charge is 0.375 e. The maximum atomic E-state index is 3.92. The van der Waals surface area contributed by atoms with Gasteiger partial charge in [0.1, 0.15) is 0 Å². The maximum absolute atomic E-state index is 3.92. The first-order valence-corrected chi connectivity index (χ1v) is 8.63. The zero-order valence-corrected chi connectivity index (χ0v) is 13.6. The summed E-state index contributed by atoms with van der Waals surface area (Å²) in [5, 5.41) is 0. The van der Waals surface area contributed by atoms with E-state index in [0.29, 0.717) is 6.04 Å². The Balaban J connectivity index is 1.76. The van der Waals surface area contributed by atoms with Gasteiger partial charge in [0.15, 0.2) is 0 Å². The summed E-state index contributed by atoms with van der Waals surface area (Å²) in [6.07, 6.45) is 4.28. The lowest BCUT2D eigenvalue weighted by atomic mass is 9.93. The molecule has 2 heteroatoms. The zero-order chi connectivity index (χ0) is 15.6. The highest BCUT2D eigenvalue weighted by atomic mass is 15.3. The molecule has 0 aromatic heterocycles. The SMILES string of the molecule is C=CN1CCN(C2c3ccccc3CCc3ccccc32)CC1. The van der Waals surface area contributed by atoms with Crippen molar-refractivity contribution in [3.05, 3.63) is 83.6 Å². The first-order valence-electron chi connectivity index (χ1n) is 8.63. The van der Waals surface area contributed by atoms with Gasteiger partial charge in [-0.2, -0.15) is 0 Å². The molecule has 0 spiro atoms. The van der Waals surface area contributed by atoms with E-state index in [1.165, 1.54) is 22.3 Å². The number of aryl methyl sites for hydroxylation is 2. The molecule has 1 aliphatic carbocycles. The number of benzene rings is 2. The monoisotopic (exact) mass is 304 g/mol. The van der Waals surface area contributed by atoms with Crippen LogP contribution in [0.4, 0.5) is 0 Å². The van der Waals surface area contributed by atoms with Crippen LogP contribution in [-0.2, 0) is 12.8 Å². The fraction of sp³-hybridized carbons (Fsp3) is 0.333. The normalized spacial score (nSPS) is 18.9. The highest BCUT2D eigenvalue weighted by Gasteiger charge is 2.30. The topological polar surface area (TPSA) is 6.48 Å². The average Bonchev–Trinajstić information content (AvgIpc) is 2.79. The van der Waals surface area contributed by atoms with Crippen LogP contribution in [0.25, 0.3) is 0 Å². The molecule has 0 unspecified atom stereocenters. The van der Waals surface area contributed by atoms with Crippen LogP contribution >= 0.6 is 0 Å². The van der Waals surface area contributed by atoms with E-state index in [2.05, 4.69) is 64.9 Å². The van der Waals surface area contributed by atoms with Crippen molar-refractivity contribution in [1.82, 2.24) is 9.80 Å². The molecule has 2 aliphatic rings. The van der Waals surface area contributed by atoms with Crippen LogP contribution in [0, 0.1) is 0 Å². The number of hydrogen-bond acceptors (Lipinski definition) is 2. The van der Waals surface area contributed by atoms with E-state index in [-0.39, 0.29) is 0 Å². The summed E-state index contributed by atoms with van der Waals surface area (Å²) in [6, 6.07) is 18.5. The van der Waals surface area contributed by atoms with Gasteiger partial charge in [0.25, 0.3) is 0 Å². The highest BCUT2D eigenvalue weighted by molar-refractivity contribution is 5.44. The molecule has 0 bridgehead atoms. The minimum atomic E-state index is 0.400. The van der Waals surface area contributed by atoms with Crippen molar-refractivity contribution in [3.8, 4) is 0 Å². The quantitative estimate of drug-likeness (QED) is 0.836. The molecular weight excluding hydrogens is 280 g/mol. The van der Waals surface area contributed by atoms with Gasteiger partial charge >= 0.3 is 0 Å². The molecule has 1 saturated heterocycles. The van der Waals surface area contributed by atoms with Crippen LogP contribution in [-0.4, -0.2) is 36.0 Å². The summed E-state index contributed by atoms with van der Waals surface area (Å²) in [6.45, 7) is 8.26. The third-order valence-electron chi connectivity index (χ3n) is 5.34. The minimum Gasteiger partial charge on any atom is -0.375 e. The molecule has 1 fully saturated rings. The number of fused-ring (bicyclic) bond motifs is 2. The van der Waals surface area contributed by atoms with Crippen molar-refractivity contribution in [3.63, 3.8) is 0 Å². The molecule has 0 amide bonds. The molecule has 0 N–H and O–H groups in total. The van der Waals surface area contributed by atoms with Crippen LogP contribution < -0.4 is 0 Å². The van der Waals surface area contributed by atoms with Crippen molar-refractivity contribution in [2.24, 2.45) is 0 Å². The summed E-state index contributed by atoms with van der Waals surface area (Å²) in [5.41, 5.74) is 6.04. The average molecular weight is 304 g/mol. The van der Waals surface area contributed by atoms with E-state index >= 15 is 0 Å².